The summed E-state index contributed by atoms with van der Waals surface area (Å²) in [4.78, 5) is 4.38. The molecule has 0 fully saturated rings. The van der Waals surface area contributed by atoms with Crippen molar-refractivity contribution in [3.63, 3.8) is 0 Å². The fourth-order valence-corrected chi connectivity index (χ4v) is 2.51. The number of fused-ring (bicyclic) bond motifs is 1. The van der Waals surface area contributed by atoms with Crippen molar-refractivity contribution in [1.82, 2.24) is 10.3 Å². The highest BCUT2D eigenvalue weighted by Gasteiger charge is 2.19. The number of hydrogen-bond acceptors (Lipinski definition) is 3. The van der Waals surface area contributed by atoms with Crippen LogP contribution in [-0.2, 0) is 0 Å². The van der Waals surface area contributed by atoms with Gasteiger partial charge in [0, 0.05) is 17.3 Å². The Labute approximate surface area is 118 Å². The second kappa shape index (κ2) is 5.47. The Balaban J connectivity index is 2.08. The average molecular weight is 266 g/mol. The molecule has 1 atom stereocenters. The Kier molecular flexibility index (Phi) is 3.52. The number of aryl methyl sites for hydroxylation is 1. The van der Waals surface area contributed by atoms with Crippen LogP contribution in [0.2, 0.25) is 0 Å². The van der Waals surface area contributed by atoms with Gasteiger partial charge in [0.15, 0.2) is 0 Å². The van der Waals surface area contributed by atoms with Crippen molar-refractivity contribution >= 4 is 11.0 Å². The molecule has 3 rings (SSSR count). The van der Waals surface area contributed by atoms with Crippen molar-refractivity contribution in [1.29, 1.82) is 0 Å². The van der Waals surface area contributed by atoms with Crippen molar-refractivity contribution in [2.45, 2.75) is 19.9 Å². The smallest absolute Gasteiger partial charge is 0.134 e. The zero-order chi connectivity index (χ0) is 13.9. The molecule has 0 bridgehead atoms. The van der Waals surface area contributed by atoms with Gasteiger partial charge in [-0.25, -0.2) is 0 Å². The van der Waals surface area contributed by atoms with Gasteiger partial charge in [-0.2, -0.15) is 0 Å². The third-order valence-corrected chi connectivity index (χ3v) is 3.50. The van der Waals surface area contributed by atoms with Crippen LogP contribution in [0.5, 0.6) is 0 Å². The lowest BCUT2D eigenvalue weighted by atomic mass is 10.0. The Hall–Kier alpha value is -2.13. The van der Waals surface area contributed by atoms with Gasteiger partial charge >= 0.3 is 0 Å². The normalized spacial score (nSPS) is 12.7. The third-order valence-electron chi connectivity index (χ3n) is 3.50. The molecule has 0 spiro atoms. The second-order valence-corrected chi connectivity index (χ2v) is 4.86. The predicted octanol–water partition coefficient (Wildman–Crippen LogP) is 3.84. The monoisotopic (exact) mass is 266 g/mol. The summed E-state index contributed by atoms with van der Waals surface area (Å²) in [6, 6.07) is 14.3. The molecule has 2 aromatic heterocycles. The molecular weight excluding hydrogens is 248 g/mol. The van der Waals surface area contributed by atoms with Crippen molar-refractivity contribution in [3.05, 3.63) is 65.7 Å². The van der Waals surface area contributed by atoms with Crippen LogP contribution in [0.25, 0.3) is 11.0 Å². The minimum Gasteiger partial charge on any atom is -0.459 e. The lowest BCUT2D eigenvalue weighted by molar-refractivity contribution is 0.475. The molecule has 0 amide bonds. The van der Waals surface area contributed by atoms with E-state index in [0.717, 1.165) is 34.5 Å². The van der Waals surface area contributed by atoms with Gasteiger partial charge in [-0.1, -0.05) is 31.2 Å². The molecule has 102 valence electrons. The maximum Gasteiger partial charge on any atom is 0.134 e. The zero-order valence-corrected chi connectivity index (χ0v) is 11.8. The molecule has 20 heavy (non-hydrogen) atoms. The molecule has 3 heteroatoms. The van der Waals surface area contributed by atoms with Gasteiger partial charge in [-0.05, 0) is 37.2 Å². The van der Waals surface area contributed by atoms with Crippen molar-refractivity contribution < 1.29 is 4.42 Å². The number of para-hydroxylation sites is 1. The molecule has 2 heterocycles. The van der Waals surface area contributed by atoms with E-state index in [4.69, 9.17) is 4.42 Å². The second-order valence-electron chi connectivity index (χ2n) is 4.86. The van der Waals surface area contributed by atoms with Gasteiger partial charge in [0.2, 0.25) is 0 Å². The molecule has 0 aliphatic rings. The first-order chi connectivity index (χ1) is 9.79. The summed E-state index contributed by atoms with van der Waals surface area (Å²) in [6.07, 6.45) is 1.82. The molecular formula is C17H18N2O. The maximum absolute atomic E-state index is 6.00. The summed E-state index contributed by atoms with van der Waals surface area (Å²) in [7, 11) is 0. The van der Waals surface area contributed by atoms with Gasteiger partial charge < -0.3 is 9.73 Å². The quantitative estimate of drug-likeness (QED) is 0.779. The minimum atomic E-state index is 0.0427. The molecule has 1 aromatic carbocycles. The van der Waals surface area contributed by atoms with Crippen molar-refractivity contribution in [2.24, 2.45) is 0 Å². The van der Waals surface area contributed by atoms with E-state index in [-0.39, 0.29) is 6.04 Å². The number of benzene rings is 1. The standard InChI is InChI=1S/C17H18N2O/c1-3-18-17(14-8-6-10-19-12(14)2)16-11-13-7-4-5-9-15(13)20-16/h4-11,17-18H,3H2,1-2H3. The van der Waals surface area contributed by atoms with E-state index < -0.39 is 0 Å². The number of rotatable bonds is 4. The van der Waals surface area contributed by atoms with E-state index in [1.165, 1.54) is 0 Å². The average Bonchev–Trinajstić information content (AvgIpc) is 2.89. The number of furan rings is 1. The fraction of sp³-hybridized carbons (Fsp3) is 0.235. The SMILES string of the molecule is CCNC(c1cc2ccccc2o1)c1cccnc1C. The van der Waals surface area contributed by atoms with Crippen LogP contribution in [0.15, 0.2) is 53.1 Å². The van der Waals surface area contributed by atoms with E-state index in [9.17, 15) is 0 Å². The molecule has 3 aromatic rings. The van der Waals surface area contributed by atoms with E-state index in [2.05, 4.69) is 35.4 Å². The molecule has 1 unspecified atom stereocenters. The summed E-state index contributed by atoms with van der Waals surface area (Å²) in [5.41, 5.74) is 3.11. The van der Waals surface area contributed by atoms with Crippen molar-refractivity contribution in [2.75, 3.05) is 6.54 Å². The summed E-state index contributed by atoms with van der Waals surface area (Å²) in [5.74, 6) is 0.934. The largest absolute Gasteiger partial charge is 0.459 e. The lowest BCUT2D eigenvalue weighted by Gasteiger charge is -2.17. The predicted molar refractivity (Wildman–Crippen MR) is 80.7 cm³/mol. The van der Waals surface area contributed by atoms with Crippen molar-refractivity contribution in [3.8, 4) is 0 Å². The molecule has 0 radical (unpaired) electrons. The Morgan fingerprint density at radius 2 is 2.05 bits per heavy atom. The first kappa shape index (κ1) is 12.9. The van der Waals surface area contributed by atoms with Gasteiger partial charge in [0.05, 0.1) is 6.04 Å². The van der Waals surface area contributed by atoms with Crippen LogP contribution in [0.3, 0.4) is 0 Å². The Bertz CT molecular complexity index is 685. The van der Waals surface area contributed by atoms with E-state index in [1.54, 1.807) is 0 Å². The molecule has 0 aliphatic heterocycles. The molecule has 0 saturated heterocycles. The summed E-state index contributed by atoms with van der Waals surface area (Å²) < 4.78 is 6.00. The minimum absolute atomic E-state index is 0.0427. The maximum atomic E-state index is 6.00. The molecule has 3 nitrogen and oxygen atoms in total. The van der Waals surface area contributed by atoms with E-state index >= 15 is 0 Å². The van der Waals surface area contributed by atoms with Crippen LogP contribution in [0, 0.1) is 6.92 Å². The first-order valence-corrected chi connectivity index (χ1v) is 6.93. The highest BCUT2D eigenvalue weighted by molar-refractivity contribution is 5.78. The molecule has 0 saturated carbocycles. The van der Waals surface area contributed by atoms with Gasteiger partial charge in [-0.15, -0.1) is 0 Å². The Morgan fingerprint density at radius 1 is 1.20 bits per heavy atom. The topological polar surface area (TPSA) is 38.1 Å². The zero-order valence-electron chi connectivity index (χ0n) is 11.8. The fourth-order valence-electron chi connectivity index (χ4n) is 2.51. The number of hydrogen-bond donors (Lipinski definition) is 1. The highest BCUT2D eigenvalue weighted by Crippen LogP contribution is 2.29. The van der Waals surface area contributed by atoms with Crippen LogP contribution in [-0.4, -0.2) is 11.5 Å². The Morgan fingerprint density at radius 3 is 2.80 bits per heavy atom. The summed E-state index contributed by atoms with van der Waals surface area (Å²) >= 11 is 0. The van der Waals surface area contributed by atoms with Gasteiger partial charge in [0.25, 0.3) is 0 Å². The molecule has 1 N–H and O–H groups in total. The number of nitrogens with one attached hydrogen (secondary N) is 1. The summed E-state index contributed by atoms with van der Waals surface area (Å²) in [5, 5.41) is 4.61. The van der Waals surface area contributed by atoms with Crippen LogP contribution in [0.1, 0.15) is 30.0 Å². The van der Waals surface area contributed by atoms with Crippen LogP contribution >= 0.6 is 0 Å². The first-order valence-electron chi connectivity index (χ1n) is 6.93. The number of aromatic nitrogens is 1. The lowest BCUT2D eigenvalue weighted by Crippen LogP contribution is -2.22. The highest BCUT2D eigenvalue weighted by atomic mass is 16.3. The van der Waals surface area contributed by atoms with Crippen LogP contribution < -0.4 is 5.32 Å². The third kappa shape index (κ3) is 2.32. The summed E-state index contributed by atoms with van der Waals surface area (Å²) in [6.45, 7) is 5.00. The van der Waals surface area contributed by atoms with E-state index in [1.807, 2.05) is 37.4 Å². The molecule has 0 aliphatic carbocycles. The number of pyridine rings is 1. The van der Waals surface area contributed by atoms with Gasteiger partial charge in [-0.3, -0.25) is 4.98 Å². The van der Waals surface area contributed by atoms with Crippen LogP contribution in [0.4, 0.5) is 0 Å². The van der Waals surface area contributed by atoms with E-state index in [0.29, 0.717) is 0 Å². The van der Waals surface area contributed by atoms with Gasteiger partial charge in [0.1, 0.15) is 11.3 Å². The number of nitrogens with zero attached hydrogens (tertiary/aromatic N) is 1.